The van der Waals surface area contributed by atoms with Gasteiger partial charge in [-0.3, -0.25) is 0 Å². The van der Waals surface area contributed by atoms with Crippen molar-refractivity contribution < 1.29 is 9.84 Å². The van der Waals surface area contributed by atoms with Crippen molar-refractivity contribution in [3.8, 4) is 0 Å². The molecule has 1 unspecified atom stereocenters. The summed E-state index contributed by atoms with van der Waals surface area (Å²) in [6.07, 6.45) is 13.3. The van der Waals surface area contributed by atoms with Gasteiger partial charge in [-0.25, -0.2) is 0 Å². The highest BCUT2D eigenvalue weighted by Crippen LogP contribution is 2.36. The molecule has 0 aromatic carbocycles. The maximum atomic E-state index is 9.87. The van der Waals surface area contributed by atoms with Crippen molar-refractivity contribution >= 4 is 0 Å². The molecule has 152 valence electrons. The van der Waals surface area contributed by atoms with Gasteiger partial charge in [-0.05, 0) is 81.9 Å². The Morgan fingerprint density at radius 3 is 2.38 bits per heavy atom. The lowest BCUT2D eigenvalue weighted by atomic mass is 9.77. The number of hydrogen-bond donors (Lipinski definition) is 1. The van der Waals surface area contributed by atoms with Crippen LogP contribution in [0.3, 0.4) is 0 Å². The Bertz CT molecular complexity index is 469. The summed E-state index contributed by atoms with van der Waals surface area (Å²) in [4.78, 5) is 0. The molecule has 2 rings (SSSR count). The van der Waals surface area contributed by atoms with E-state index in [2.05, 4.69) is 32.9 Å². The summed E-state index contributed by atoms with van der Waals surface area (Å²) in [5.74, 6) is 1.73. The summed E-state index contributed by atoms with van der Waals surface area (Å²) >= 11 is 0. The first-order valence-electron chi connectivity index (χ1n) is 10.8. The largest absolute Gasteiger partial charge is 0.508 e. The molecule has 26 heavy (non-hydrogen) atoms. The molecule has 2 atom stereocenters. The summed E-state index contributed by atoms with van der Waals surface area (Å²) in [6, 6.07) is 0. The minimum Gasteiger partial charge on any atom is -0.508 e. The summed E-state index contributed by atoms with van der Waals surface area (Å²) in [6.45, 7) is 17.4. The third-order valence-electron chi connectivity index (χ3n) is 5.27. The number of allylic oxidation sites excluding steroid dienone is 5. The van der Waals surface area contributed by atoms with Crippen LogP contribution in [0.2, 0.25) is 0 Å². The van der Waals surface area contributed by atoms with Gasteiger partial charge in [0.1, 0.15) is 5.76 Å². The fraction of sp³-hybridized carbons (Fsp3) is 0.750. The highest BCUT2D eigenvalue weighted by atomic mass is 16.5. The van der Waals surface area contributed by atoms with Crippen LogP contribution in [0.4, 0.5) is 0 Å². The maximum absolute atomic E-state index is 9.87. The van der Waals surface area contributed by atoms with Gasteiger partial charge in [0.2, 0.25) is 0 Å². The molecule has 2 aliphatic carbocycles. The molecule has 1 N–H and O–H groups in total. The van der Waals surface area contributed by atoms with Crippen LogP contribution < -0.4 is 0 Å². The first-order valence-corrected chi connectivity index (χ1v) is 10.8. The Hall–Kier alpha value is -1.02. The van der Waals surface area contributed by atoms with Gasteiger partial charge >= 0.3 is 0 Å². The second kappa shape index (κ2) is 13.2. The van der Waals surface area contributed by atoms with Crippen LogP contribution in [0.15, 0.2) is 35.1 Å². The molecule has 0 spiro atoms. The fourth-order valence-corrected chi connectivity index (χ4v) is 3.33. The lowest BCUT2D eigenvalue weighted by Gasteiger charge is -2.33. The molecule has 2 nitrogen and oxygen atoms in total. The normalized spacial score (nSPS) is 23.2. The molecule has 0 aliphatic heterocycles. The predicted octanol–water partition coefficient (Wildman–Crippen LogP) is 7.77. The van der Waals surface area contributed by atoms with Crippen molar-refractivity contribution in [1.82, 2.24) is 0 Å². The zero-order valence-corrected chi connectivity index (χ0v) is 18.7. The fourth-order valence-electron chi connectivity index (χ4n) is 3.33. The second-order valence-corrected chi connectivity index (χ2v) is 7.51. The average Bonchev–Trinajstić information content (AvgIpc) is 2.85. The van der Waals surface area contributed by atoms with Crippen LogP contribution in [-0.4, -0.2) is 17.3 Å². The number of rotatable bonds is 5. The van der Waals surface area contributed by atoms with Crippen LogP contribution >= 0.6 is 0 Å². The van der Waals surface area contributed by atoms with E-state index in [-0.39, 0.29) is 5.60 Å². The van der Waals surface area contributed by atoms with Gasteiger partial charge in [0, 0.05) is 0 Å². The Kier molecular flexibility index (Phi) is 12.7. The molecule has 0 bridgehead atoms. The maximum Gasteiger partial charge on any atom is 0.114 e. The van der Waals surface area contributed by atoms with Gasteiger partial charge in [-0.1, -0.05) is 53.2 Å². The van der Waals surface area contributed by atoms with E-state index >= 15 is 0 Å². The lowest BCUT2D eigenvalue weighted by Crippen LogP contribution is -2.29. The van der Waals surface area contributed by atoms with Crippen LogP contribution in [0.5, 0.6) is 0 Å². The van der Waals surface area contributed by atoms with E-state index in [1.54, 1.807) is 0 Å². The van der Waals surface area contributed by atoms with Crippen LogP contribution in [-0.2, 0) is 4.74 Å². The molecule has 0 aromatic rings. The number of aliphatic hydroxyl groups is 1. The lowest BCUT2D eigenvalue weighted by molar-refractivity contribution is -0.0447. The van der Waals surface area contributed by atoms with E-state index in [4.69, 9.17) is 4.74 Å². The van der Waals surface area contributed by atoms with Gasteiger partial charge in [-0.2, -0.15) is 0 Å². The van der Waals surface area contributed by atoms with Crippen molar-refractivity contribution in [2.45, 2.75) is 99.5 Å². The third-order valence-corrected chi connectivity index (χ3v) is 5.27. The molecule has 2 aliphatic rings. The van der Waals surface area contributed by atoms with Crippen LogP contribution in [0, 0.1) is 11.8 Å². The minimum absolute atomic E-state index is 0.000725. The zero-order valence-electron chi connectivity index (χ0n) is 18.7. The summed E-state index contributed by atoms with van der Waals surface area (Å²) in [5, 5.41) is 9.87. The van der Waals surface area contributed by atoms with Crippen molar-refractivity contribution in [2.75, 3.05) is 6.61 Å². The standard InChI is InChI=1S/C20H32O2.2C2H6/c1-5-20(3,4)22-14-16-8-6-9-18(13-16)17-10-7-11-19(21)15(2)12-17;2*1-2/h10-12,16,18,21H,5-9,13-14H2,1-4H3;2*1-2H3/t16-,18?;;/m1../s1. The molecule has 1 saturated carbocycles. The molecule has 0 radical (unpaired) electrons. The molecule has 1 fully saturated rings. The van der Waals surface area contributed by atoms with E-state index in [9.17, 15) is 5.11 Å². The number of hydrogen-bond acceptors (Lipinski definition) is 2. The van der Waals surface area contributed by atoms with E-state index in [1.165, 1.54) is 31.3 Å². The van der Waals surface area contributed by atoms with Crippen molar-refractivity contribution in [1.29, 1.82) is 0 Å². The predicted molar refractivity (Wildman–Crippen MR) is 116 cm³/mol. The van der Waals surface area contributed by atoms with Crippen molar-refractivity contribution in [3.05, 3.63) is 35.1 Å². The summed E-state index contributed by atoms with van der Waals surface area (Å²) in [7, 11) is 0. The highest BCUT2D eigenvalue weighted by Gasteiger charge is 2.26. The summed E-state index contributed by atoms with van der Waals surface area (Å²) in [5.41, 5.74) is 2.41. The van der Waals surface area contributed by atoms with Gasteiger partial charge in [0.05, 0.1) is 12.2 Å². The van der Waals surface area contributed by atoms with Gasteiger partial charge in [0.15, 0.2) is 0 Å². The second-order valence-electron chi connectivity index (χ2n) is 7.51. The van der Waals surface area contributed by atoms with Crippen molar-refractivity contribution in [3.63, 3.8) is 0 Å². The van der Waals surface area contributed by atoms with E-state index in [0.29, 0.717) is 17.6 Å². The summed E-state index contributed by atoms with van der Waals surface area (Å²) < 4.78 is 6.13. The van der Waals surface area contributed by atoms with Crippen molar-refractivity contribution in [2.24, 2.45) is 11.8 Å². The van der Waals surface area contributed by atoms with Gasteiger partial charge in [-0.15, -0.1) is 0 Å². The molecule has 2 heteroatoms. The molecular formula is C24H44O2. The first-order chi connectivity index (χ1) is 12.4. The quantitative estimate of drug-likeness (QED) is 0.540. The Labute approximate surface area is 163 Å². The van der Waals surface area contributed by atoms with Crippen LogP contribution in [0.1, 0.15) is 93.9 Å². The first kappa shape index (κ1) is 25.0. The molecule has 0 aromatic heterocycles. The zero-order chi connectivity index (χ0) is 20.2. The van der Waals surface area contributed by atoms with E-state index in [0.717, 1.165) is 25.0 Å². The monoisotopic (exact) mass is 364 g/mol. The number of aliphatic hydroxyl groups excluding tert-OH is 1. The Morgan fingerprint density at radius 2 is 1.77 bits per heavy atom. The molecule has 0 amide bonds. The Morgan fingerprint density at radius 1 is 1.12 bits per heavy atom. The Balaban J connectivity index is 0.00000146. The van der Waals surface area contributed by atoms with E-state index < -0.39 is 0 Å². The smallest absolute Gasteiger partial charge is 0.114 e. The SMILES string of the molecule is CC.CC.CCC(C)(C)OC[C@@H]1CCCC(C2=CCC=C(O)C(C)=C2)C1. The minimum atomic E-state index is 0.000725. The number of ether oxygens (including phenoxy) is 1. The van der Waals surface area contributed by atoms with Gasteiger partial charge < -0.3 is 9.84 Å². The van der Waals surface area contributed by atoms with Crippen LogP contribution in [0.25, 0.3) is 0 Å². The average molecular weight is 365 g/mol. The highest BCUT2D eigenvalue weighted by molar-refractivity contribution is 5.37. The third kappa shape index (κ3) is 8.58. The topological polar surface area (TPSA) is 29.5 Å². The van der Waals surface area contributed by atoms with Gasteiger partial charge in [0.25, 0.3) is 0 Å². The molecular weight excluding hydrogens is 320 g/mol. The molecule has 0 saturated heterocycles. The van der Waals surface area contributed by atoms with E-state index in [1.807, 2.05) is 40.7 Å². The molecule has 0 heterocycles.